The van der Waals surface area contributed by atoms with Crippen molar-refractivity contribution in [3.8, 4) is 0 Å². The fraction of sp³-hybridized carbons (Fsp3) is 0.444. The highest BCUT2D eigenvalue weighted by molar-refractivity contribution is 7.08. The summed E-state index contributed by atoms with van der Waals surface area (Å²) < 4.78 is 12.2. The molecule has 1 N–H and O–H groups in total. The molecule has 1 aromatic heterocycles. The number of hydrogen-bond acceptors (Lipinski definition) is 4. The molecular formula is C18H19NO2S. The van der Waals surface area contributed by atoms with Crippen molar-refractivity contribution >= 4 is 17.0 Å². The zero-order valence-electron chi connectivity index (χ0n) is 12.3. The quantitative estimate of drug-likeness (QED) is 0.899. The second-order valence-electron chi connectivity index (χ2n) is 6.39. The van der Waals surface area contributed by atoms with E-state index in [4.69, 9.17) is 9.47 Å². The van der Waals surface area contributed by atoms with E-state index < -0.39 is 0 Å². The fourth-order valence-electron chi connectivity index (χ4n) is 3.77. The van der Waals surface area contributed by atoms with E-state index in [0.717, 1.165) is 5.92 Å². The molecule has 1 saturated heterocycles. The van der Waals surface area contributed by atoms with E-state index in [0.29, 0.717) is 13.2 Å². The first kappa shape index (κ1) is 13.1. The number of anilines is 1. The van der Waals surface area contributed by atoms with E-state index in [9.17, 15) is 0 Å². The Balaban J connectivity index is 1.63. The molecule has 0 spiro atoms. The molecule has 2 fully saturated rings. The Morgan fingerprint density at radius 2 is 1.91 bits per heavy atom. The summed E-state index contributed by atoms with van der Waals surface area (Å²) >= 11 is 1.74. The van der Waals surface area contributed by atoms with Crippen molar-refractivity contribution in [3.63, 3.8) is 0 Å². The summed E-state index contributed by atoms with van der Waals surface area (Å²) in [6.45, 7) is 1.37. The van der Waals surface area contributed by atoms with Crippen molar-refractivity contribution in [3.05, 3.63) is 51.7 Å². The molecule has 0 radical (unpaired) electrons. The number of thiophene rings is 1. The first-order chi connectivity index (χ1) is 10.9. The summed E-state index contributed by atoms with van der Waals surface area (Å²) in [6.07, 6.45) is 2.73. The van der Waals surface area contributed by atoms with Gasteiger partial charge in [-0.15, -0.1) is 0 Å². The van der Waals surface area contributed by atoms with Gasteiger partial charge in [-0.3, -0.25) is 0 Å². The van der Waals surface area contributed by atoms with Crippen molar-refractivity contribution < 1.29 is 9.47 Å². The lowest BCUT2D eigenvalue weighted by atomic mass is 9.86. The molecule has 3 nitrogen and oxygen atoms in total. The molecule has 3 unspecified atom stereocenters. The monoisotopic (exact) mass is 313 g/mol. The molecule has 1 saturated carbocycles. The van der Waals surface area contributed by atoms with Gasteiger partial charge < -0.3 is 14.8 Å². The summed E-state index contributed by atoms with van der Waals surface area (Å²) in [7, 11) is 0. The van der Waals surface area contributed by atoms with Crippen LogP contribution in [0.15, 0.2) is 35.0 Å². The summed E-state index contributed by atoms with van der Waals surface area (Å²) in [4.78, 5) is 0. The molecule has 0 bridgehead atoms. The maximum atomic E-state index is 6.13. The van der Waals surface area contributed by atoms with Crippen LogP contribution >= 0.6 is 11.3 Å². The number of nitrogens with one attached hydrogen (secondary N) is 1. The van der Waals surface area contributed by atoms with Crippen molar-refractivity contribution in [1.29, 1.82) is 0 Å². The minimum Gasteiger partial charge on any atom is -0.375 e. The number of hydrogen-bond donors (Lipinski definition) is 1. The highest BCUT2D eigenvalue weighted by Crippen LogP contribution is 2.51. The van der Waals surface area contributed by atoms with Crippen molar-refractivity contribution in [2.24, 2.45) is 0 Å². The average molecular weight is 313 g/mol. The number of ether oxygens (including phenoxy) is 2. The molecule has 3 atom stereocenters. The minimum atomic E-state index is 0.0496. The van der Waals surface area contributed by atoms with Crippen molar-refractivity contribution in [2.75, 3.05) is 18.5 Å². The standard InChI is InChI=1S/C18H19NO2S/c1-2-13(11-4-5-11)16-14(3-1)17-18(21-8-7-20-17)15(19-16)12-6-9-22-10-12/h1-3,6,9-11,15,17-19H,4-5,7-8H2. The summed E-state index contributed by atoms with van der Waals surface area (Å²) in [5.74, 6) is 0.728. The van der Waals surface area contributed by atoms with E-state index in [1.54, 1.807) is 11.3 Å². The topological polar surface area (TPSA) is 30.5 Å². The molecular weight excluding hydrogens is 294 g/mol. The van der Waals surface area contributed by atoms with Gasteiger partial charge in [0.25, 0.3) is 0 Å². The molecule has 114 valence electrons. The van der Waals surface area contributed by atoms with Crippen molar-refractivity contribution in [2.45, 2.75) is 37.0 Å². The van der Waals surface area contributed by atoms with Crippen LogP contribution in [-0.2, 0) is 9.47 Å². The van der Waals surface area contributed by atoms with Crippen LogP contribution in [0.25, 0.3) is 0 Å². The fourth-order valence-corrected chi connectivity index (χ4v) is 4.47. The highest BCUT2D eigenvalue weighted by Gasteiger charge is 2.43. The Morgan fingerprint density at radius 3 is 2.73 bits per heavy atom. The summed E-state index contributed by atoms with van der Waals surface area (Å²) in [5, 5.41) is 8.15. The Morgan fingerprint density at radius 1 is 1.05 bits per heavy atom. The van der Waals surface area contributed by atoms with Gasteiger partial charge in [0, 0.05) is 11.3 Å². The molecule has 3 heterocycles. The Hall–Kier alpha value is -1.36. The third-order valence-electron chi connectivity index (χ3n) is 4.97. The van der Waals surface area contributed by atoms with Crippen LogP contribution in [0.3, 0.4) is 0 Å². The van der Waals surface area contributed by atoms with Crippen LogP contribution in [0, 0.1) is 0 Å². The van der Waals surface area contributed by atoms with Gasteiger partial charge in [0.15, 0.2) is 0 Å². The lowest BCUT2D eigenvalue weighted by Crippen LogP contribution is -2.43. The smallest absolute Gasteiger partial charge is 0.113 e. The van der Waals surface area contributed by atoms with Gasteiger partial charge in [0.1, 0.15) is 12.2 Å². The third kappa shape index (κ3) is 2.02. The third-order valence-corrected chi connectivity index (χ3v) is 5.67. The van der Waals surface area contributed by atoms with Gasteiger partial charge in [-0.2, -0.15) is 11.3 Å². The highest BCUT2D eigenvalue weighted by atomic mass is 32.1. The minimum absolute atomic E-state index is 0.0496. The van der Waals surface area contributed by atoms with E-state index in [2.05, 4.69) is 40.3 Å². The molecule has 1 aliphatic carbocycles. The lowest BCUT2D eigenvalue weighted by molar-refractivity contribution is -0.151. The molecule has 22 heavy (non-hydrogen) atoms. The van der Waals surface area contributed by atoms with E-state index in [1.807, 2.05) is 0 Å². The van der Waals surface area contributed by atoms with Gasteiger partial charge in [0.05, 0.1) is 19.3 Å². The Labute approximate surface area is 134 Å². The van der Waals surface area contributed by atoms with Gasteiger partial charge >= 0.3 is 0 Å². The second kappa shape index (κ2) is 5.08. The summed E-state index contributed by atoms with van der Waals surface area (Å²) in [5.41, 5.74) is 5.35. The van der Waals surface area contributed by atoms with Gasteiger partial charge in [-0.05, 0) is 46.7 Å². The van der Waals surface area contributed by atoms with Crippen LogP contribution in [-0.4, -0.2) is 19.3 Å². The van der Waals surface area contributed by atoms with Gasteiger partial charge in [0.2, 0.25) is 0 Å². The number of para-hydroxylation sites is 1. The lowest BCUT2D eigenvalue weighted by Gasteiger charge is -2.43. The predicted molar refractivity (Wildman–Crippen MR) is 87.5 cm³/mol. The van der Waals surface area contributed by atoms with E-state index in [-0.39, 0.29) is 18.2 Å². The maximum Gasteiger partial charge on any atom is 0.113 e. The van der Waals surface area contributed by atoms with Crippen LogP contribution in [0.4, 0.5) is 5.69 Å². The van der Waals surface area contributed by atoms with Crippen LogP contribution < -0.4 is 5.32 Å². The molecule has 4 heteroatoms. The second-order valence-corrected chi connectivity index (χ2v) is 7.17. The first-order valence-electron chi connectivity index (χ1n) is 8.06. The predicted octanol–water partition coefficient (Wildman–Crippen LogP) is 4.25. The van der Waals surface area contributed by atoms with Crippen LogP contribution in [0.1, 0.15) is 47.6 Å². The molecule has 3 aliphatic rings. The number of fused-ring (bicyclic) bond motifs is 3. The SMILES string of the molecule is c1cc(C2CC2)c2c(c1)C1OCCOC1C(c1ccsc1)N2. The van der Waals surface area contributed by atoms with Crippen LogP contribution in [0.5, 0.6) is 0 Å². The number of rotatable bonds is 2. The average Bonchev–Trinajstić information content (AvgIpc) is 3.28. The maximum absolute atomic E-state index is 6.13. The molecule has 2 aromatic rings. The largest absolute Gasteiger partial charge is 0.375 e. The van der Waals surface area contributed by atoms with Gasteiger partial charge in [-0.1, -0.05) is 18.2 Å². The Kier molecular flexibility index (Phi) is 3.03. The zero-order valence-corrected chi connectivity index (χ0v) is 13.1. The normalized spacial score (nSPS) is 30.3. The Bertz CT molecular complexity index is 680. The van der Waals surface area contributed by atoms with E-state index >= 15 is 0 Å². The van der Waals surface area contributed by atoms with Gasteiger partial charge in [-0.25, -0.2) is 0 Å². The molecule has 1 aromatic carbocycles. The van der Waals surface area contributed by atoms with Crippen LogP contribution in [0.2, 0.25) is 0 Å². The van der Waals surface area contributed by atoms with Crippen molar-refractivity contribution in [1.82, 2.24) is 0 Å². The molecule has 2 aliphatic heterocycles. The zero-order chi connectivity index (χ0) is 14.5. The summed E-state index contributed by atoms with van der Waals surface area (Å²) in [6, 6.07) is 9.03. The molecule has 5 rings (SSSR count). The first-order valence-corrected chi connectivity index (χ1v) is 9.01. The molecule has 0 amide bonds. The van der Waals surface area contributed by atoms with E-state index in [1.165, 1.54) is 35.2 Å². The number of benzene rings is 1.